The highest BCUT2D eigenvalue weighted by molar-refractivity contribution is 6.09. The van der Waals surface area contributed by atoms with Gasteiger partial charge in [0, 0.05) is 12.1 Å². The summed E-state index contributed by atoms with van der Waals surface area (Å²) in [4.78, 5) is 15.5. The number of rotatable bonds is 3. The number of nitrogens with zero attached hydrogens (tertiary/aromatic N) is 2. The Hall–Kier alpha value is -2.52. The van der Waals surface area contributed by atoms with E-state index < -0.39 is 29.9 Å². The van der Waals surface area contributed by atoms with E-state index in [0.29, 0.717) is 4.90 Å². The predicted octanol–water partition coefficient (Wildman–Crippen LogP) is 3.47. The molecular weight excluding hydrogens is 340 g/mol. The van der Waals surface area contributed by atoms with Crippen molar-refractivity contribution in [2.45, 2.75) is 18.0 Å². The maximum absolute atomic E-state index is 13.2. The van der Waals surface area contributed by atoms with Gasteiger partial charge >= 0.3 is 24.0 Å². The Labute approximate surface area is 132 Å². The van der Waals surface area contributed by atoms with E-state index in [9.17, 15) is 31.1 Å². The zero-order valence-electron chi connectivity index (χ0n) is 11.9. The molecule has 0 radical (unpaired) electrons. The molecular formula is C14H11F6N3O. The number of amidine groups is 1. The van der Waals surface area contributed by atoms with E-state index >= 15 is 0 Å². The van der Waals surface area contributed by atoms with Crippen LogP contribution in [0.25, 0.3) is 0 Å². The van der Waals surface area contributed by atoms with Gasteiger partial charge < -0.3 is 0 Å². The maximum Gasteiger partial charge on any atom is 0.441 e. The van der Waals surface area contributed by atoms with Gasteiger partial charge in [-0.3, -0.25) is 10.2 Å². The highest BCUT2D eigenvalue weighted by atomic mass is 19.4. The highest BCUT2D eigenvalue weighted by Gasteiger charge is 2.74. The van der Waals surface area contributed by atoms with Crippen LogP contribution in [-0.4, -0.2) is 41.3 Å². The molecule has 2 amide bonds. The summed E-state index contributed by atoms with van der Waals surface area (Å²) in [5, 5.41) is 0.946. The maximum atomic E-state index is 13.2. The summed E-state index contributed by atoms with van der Waals surface area (Å²) in [5.41, 5.74) is -4.77. The molecule has 10 heteroatoms. The van der Waals surface area contributed by atoms with E-state index in [-0.39, 0.29) is 12.1 Å². The van der Waals surface area contributed by atoms with Gasteiger partial charge in [-0.25, -0.2) is 9.79 Å². The van der Waals surface area contributed by atoms with Crippen LogP contribution in [0.15, 0.2) is 48.0 Å². The van der Waals surface area contributed by atoms with Crippen LogP contribution < -0.4 is 5.32 Å². The summed E-state index contributed by atoms with van der Waals surface area (Å²) >= 11 is 0. The Kier molecular flexibility index (Phi) is 4.34. The van der Waals surface area contributed by atoms with Crippen molar-refractivity contribution in [3.63, 3.8) is 0 Å². The molecule has 1 aromatic carbocycles. The van der Waals surface area contributed by atoms with Gasteiger partial charge in [0.2, 0.25) is 0 Å². The second kappa shape index (κ2) is 5.84. The molecule has 1 aliphatic rings. The van der Waals surface area contributed by atoms with Crippen LogP contribution in [0.5, 0.6) is 0 Å². The van der Waals surface area contributed by atoms with Gasteiger partial charge in [-0.15, -0.1) is 6.58 Å². The lowest BCUT2D eigenvalue weighted by Gasteiger charge is -2.41. The quantitative estimate of drug-likeness (QED) is 0.658. The number of hydrogen-bond donors (Lipinski definition) is 1. The van der Waals surface area contributed by atoms with Crippen LogP contribution >= 0.6 is 0 Å². The zero-order valence-corrected chi connectivity index (χ0v) is 11.9. The van der Waals surface area contributed by atoms with Gasteiger partial charge in [0.15, 0.2) is 0 Å². The third kappa shape index (κ3) is 2.83. The molecule has 1 aliphatic heterocycles. The van der Waals surface area contributed by atoms with Crippen LogP contribution in [-0.2, 0) is 0 Å². The number of urea groups is 1. The number of nitrogens with one attached hydrogen (secondary N) is 1. The summed E-state index contributed by atoms with van der Waals surface area (Å²) < 4.78 is 79.1. The number of carbonyl (C=O) groups excluding carboxylic acids is 1. The Morgan fingerprint density at radius 2 is 1.67 bits per heavy atom. The Morgan fingerprint density at radius 1 is 1.12 bits per heavy atom. The molecule has 4 nitrogen and oxygen atoms in total. The van der Waals surface area contributed by atoms with Gasteiger partial charge in [-0.2, -0.15) is 26.3 Å². The van der Waals surface area contributed by atoms with Crippen molar-refractivity contribution >= 4 is 11.9 Å². The first-order valence-electron chi connectivity index (χ1n) is 6.53. The average molecular weight is 351 g/mol. The fourth-order valence-corrected chi connectivity index (χ4v) is 2.10. The van der Waals surface area contributed by atoms with Crippen molar-refractivity contribution in [2.75, 3.05) is 6.54 Å². The monoisotopic (exact) mass is 351 g/mol. The number of alkyl halides is 6. The van der Waals surface area contributed by atoms with Gasteiger partial charge in [-0.05, 0) is 0 Å². The Morgan fingerprint density at radius 3 is 2.12 bits per heavy atom. The van der Waals surface area contributed by atoms with Crippen molar-refractivity contribution in [1.29, 1.82) is 0 Å². The zero-order chi connectivity index (χ0) is 18.2. The molecule has 0 spiro atoms. The molecule has 0 fully saturated rings. The lowest BCUT2D eigenvalue weighted by atomic mass is 10.1. The minimum absolute atomic E-state index is 0.0629. The van der Waals surface area contributed by atoms with Crippen molar-refractivity contribution in [3.05, 3.63) is 48.6 Å². The first-order chi connectivity index (χ1) is 11.0. The number of hydrogen-bond acceptors (Lipinski definition) is 2. The molecule has 1 N–H and O–H groups in total. The van der Waals surface area contributed by atoms with E-state index in [1.807, 2.05) is 0 Å². The van der Waals surface area contributed by atoms with E-state index in [4.69, 9.17) is 0 Å². The molecule has 0 aromatic heterocycles. The van der Waals surface area contributed by atoms with Crippen molar-refractivity contribution in [2.24, 2.45) is 4.99 Å². The fraction of sp³-hybridized carbons (Fsp3) is 0.286. The number of halogens is 6. The van der Waals surface area contributed by atoms with Crippen LogP contribution in [0.4, 0.5) is 31.1 Å². The molecule has 0 atom stereocenters. The molecule has 0 bridgehead atoms. The molecule has 0 aliphatic carbocycles. The van der Waals surface area contributed by atoms with Crippen LogP contribution in [0.1, 0.15) is 5.56 Å². The summed E-state index contributed by atoms with van der Waals surface area (Å²) in [6.45, 7) is 3.02. The summed E-state index contributed by atoms with van der Waals surface area (Å²) in [7, 11) is 0. The van der Waals surface area contributed by atoms with Crippen LogP contribution in [0.3, 0.4) is 0 Å². The van der Waals surface area contributed by atoms with Crippen LogP contribution in [0.2, 0.25) is 0 Å². The standard InChI is InChI=1S/C14H11F6N3O/c1-2-8-23-10(9-6-4-3-5-7-9)21-12(13(15,16)17,14(18,19)20)22-11(23)24/h2-7H,1,8H2,(H,22,24). The molecule has 0 saturated heterocycles. The average Bonchev–Trinajstić information content (AvgIpc) is 2.47. The molecule has 1 heterocycles. The fourth-order valence-electron chi connectivity index (χ4n) is 2.10. The van der Waals surface area contributed by atoms with Gasteiger partial charge in [0.25, 0.3) is 0 Å². The smallest absolute Gasteiger partial charge is 0.298 e. The molecule has 1 aromatic rings. The van der Waals surface area contributed by atoms with Crippen LogP contribution in [0, 0.1) is 0 Å². The van der Waals surface area contributed by atoms with Crippen molar-refractivity contribution in [1.82, 2.24) is 10.2 Å². The summed E-state index contributed by atoms with van der Waals surface area (Å²) in [6.07, 6.45) is -10.6. The number of benzene rings is 1. The third-order valence-corrected chi connectivity index (χ3v) is 3.23. The second-order valence-corrected chi connectivity index (χ2v) is 4.84. The second-order valence-electron chi connectivity index (χ2n) is 4.84. The molecule has 24 heavy (non-hydrogen) atoms. The first-order valence-corrected chi connectivity index (χ1v) is 6.53. The normalized spacial score (nSPS) is 18.0. The minimum atomic E-state index is -5.87. The van der Waals surface area contributed by atoms with E-state index in [1.165, 1.54) is 30.3 Å². The largest absolute Gasteiger partial charge is 0.441 e. The SMILES string of the molecule is C=CCN1C(=O)NC(C(F)(F)F)(C(F)(F)F)N=C1c1ccccc1. The highest BCUT2D eigenvalue weighted by Crippen LogP contribution is 2.45. The number of amides is 2. The lowest BCUT2D eigenvalue weighted by molar-refractivity contribution is -0.302. The Balaban J connectivity index is 2.74. The number of aliphatic imine (C=N–C) groups is 1. The number of carbonyl (C=O) groups is 1. The predicted molar refractivity (Wildman–Crippen MR) is 73.3 cm³/mol. The third-order valence-electron chi connectivity index (χ3n) is 3.23. The molecule has 0 saturated carbocycles. The minimum Gasteiger partial charge on any atom is -0.298 e. The summed E-state index contributed by atoms with van der Waals surface area (Å²) in [6, 6.07) is 5.26. The topological polar surface area (TPSA) is 44.7 Å². The lowest BCUT2D eigenvalue weighted by Crippen LogP contribution is -2.71. The molecule has 2 rings (SSSR count). The van der Waals surface area contributed by atoms with E-state index in [1.54, 1.807) is 0 Å². The molecule has 0 unspecified atom stereocenters. The van der Waals surface area contributed by atoms with E-state index in [2.05, 4.69) is 11.6 Å². The van der Waals surface area contributed by atoms with Crippen molar-refractivity contribution < 1.29 is 31.1 Å². The Bertz CT molecular complexity index is 651. The van der Waals surface area contributed by atoms with Gasteiger partial charge in [0.1, 0.15) is 5.84 Å². The van der Waals surface area contributed by atoms with Gasteiger partial charge in [0.05, 0.1) is 0 Å². The van der Waals surface area contributed by atoms with Gasteiger partial charge in [-0.1, -0.05) is 36.4 Å². The summed E-state index contributed by atoms with van der Waals surface area (Å²) in [5.74, 6) is -0.742. The first kappa shape index (κ1) is 17.8. The molecule has 130 valence electrons. The van der Waals surface area contributed by atoms with Crippen molar-refractivity contribution in [3.8, 4) is 0 Å². The van der Waals surface area contributed by atoms with E-state index in [0.717, 1.165) is 11.4 Å².